The third-order valence-electron chi connectivity index (χ3n) is 3.26. The number of benzene rings is 1. The van der Waals surface area contributed by atoms with Crippen molar-refractivity contribution < 1.29 is 9.47 Å². The molecule has 0 unspecified atom stereocenters. The monoisotopic (exact) mass is 271 g/mol. The summed E-state index contributed by atoms with van der Waals surface area (Å²) in [5.74, 6) is 1.41. The number of nitrogens with one attached hydrogen (secondary N) is 1. The van der Waals surface area contributed by atoms with Gasteiger partial charge in [0.2, 0.25) is 5.88 Å². The molecule has 1 aromatic heterocycles. The van der Waals surface area contributed by atoms with E-state index in [-0.39, 0.29) is 0 Å². The van der Waals surface area contributed by atoms with E-state index in [1.165, 1.54) is 0 Å². The minimum atomic E-state index is 0.570. The molecule has 2 heterocycles. The van der Waals surface area contributed by atoms with Crippen LogP contribution in [0.15, 0.2) is 30.6 Å². The SMILES string of the molecule is COCc1cccc(Oc2ncnc3c2CNCC3)c1. The molecule has 0 aliphatic carbocycles. The average Bonchev–Trinajstić information content (AvgIpc) is 2.48. The summed E-state index contributed by atoms with van der Waals surface area (Å²) in [6.45, 7) is 2.27. The van der Waals surface area contributed by atoms with E-state index in [9.17, 15) is 0 Å². The van der Waals surface area contributed by atoms with Crippen LogP contribution in [0, 0.1) is 0 Å². The van der Waals surface area contributed by atoms with Crippen molar-refractivity contribution in [3.05, 3.63) is 47.4 Å². The van der Waals surface area contributed by atoms with E-state index in [2.05, 4.69) is 15.3 Å². The molecule has 1 N–H and O–H groups in total. The second kappa shape index (κ2) is 5.98. The van der Waals surface area contributed by atoms with Crippen LogP contribution >= 0.6 is 0 Å². The summed E-state index contributed by atoms with van der Waals surface area (Å²) in [5.41, 5.74) is 3.20. The fourth-order valence-corrected chi connectivity index (χ4v) is 2.31. The fourth-order valence-electron chi connectivity index (χ4n) is 2.31. The van der Waals surface area contributed by atoms with Crippen molar-refractivity contribution in [2.75, 3.05) is 13.7 Å². The van der Waals surface area contributed by atoms with Gasteiger partial charge in [0, 0.05) is 26.6 Å². The molecule has 3 rings (SSSR count). The molecule has 5 nitrogen and oxygen atoms in total. The molecule has 0 amide bonds. The molecule has 5 heteroatoms. The number of nitrogens with zero attached hydrogens (tertiary/aromatic N) is 2. The molecule has 0 spiro atoms. The van der Waals surface area contributed by atoms with Gasteiger partial charge >= 0.3 is 0 Å². The van der Waals surface area contributed by atoms with Crippen LogP contribution in [0.1, 0.15) is 16.8 Å². The smallest absolute Gasteiger partial charge is 0.227 e. The number of methoxy groups -OCH3 is 1. The van der Waals surface area contributed by atoms with Crippen LogP contribution in [0.3, 0.4) is 0 Å². The first-order valence-electron chi connectivity index (χ1n) is 6.66. The maximum absolute atomic E-state index is 5.92. The van der Waals surface area contributed by atoms with Crippen molar-refractivity contribution in [2.24, 2.45) is 0 Å². The Balaban J connectivity index is 1.86. The Morgan fingerprint density at radius 1 is 1.30 bits per heavy atom. The van der Waals surface area contributed by atoms with E-state index >= 15 is 0 Å². The summed E-state index contributed by atoms with van der Waals surface area (Å²) in [5, 5.41) is 3.32. The standard InChI is InChI=1S/C15H17N3O2/c1-19-9-11-3-2-4-12(7-11)20-15-13-8-16-6-5-14(13)17-10-18-15/h2-4,7,10,16H,5-6,8-9H2,1H3. The van der Waals surface area contributed by atoms with Crippen molar-refractivity contribution in [3.8, 4) is 11.6 Å². The van der Waals surface area contributed by atoms with Crippen molar-refractivity contribution in [1.82, 2.24) is 15.3 Å². The van der Waals surface area contributed by atoms with Crippen LogP contribution in [-0.4, -0.2) is 23.6 Å². The summed E-state index contributed by atoms with van der Waals surface area (Å²) in [7, 11) is 1.68. The van der Waals surface area contributed by atoms with Gasteiger partial charge in [-0.2, -0.15) is 0 Å². The van der Waals surface area contributed by atoms with Crippen molar-refractivity contribution in [2.45, 2.75) is 19.6 Å². The van der Waals surface area contributed by atoms with E-state index in [4.69, 9.17) is 9.47 Å². The van der Waals surface area contributed by atoms with E-state index < -0.39 is 0 Å². The number of hydrogen-bond acceptors (Lipinski definition) is 5. The molecule has 0 atom stereocenters. The lowest BCUT2D eigenvalue weighted by molar-refractivity contribution is 0.184. The Morgan fingerprint density at radius 2 is 2.25 bits per heavy atom. The Morgan fingerprint density at radius 3 is 3.15 bits per heavy atom. The van der Waals surface area contributed by atoms with Crippen LogP contribution < -0.4 is 10.1 Å². The predicted molar refractivity (Wildman–Crippen MR) is 74.7 cm³/mol. The number of hydrogen-bond donors (Lipinski definition) is 1. The summed E-state index contributed by atoms with van der Waals surface area (Å²) in [6, 6.07) is 7.85. The predicted octanol–water partition coefficient (Wildman–Crippen LogP) is 2.06. The third kappa shape index (κ3) is 2.79. The van der Waals surface area contributed by atoms with Crippen molar-refractivity contribution >= 4 is 0 Å². The highest BCUT2D eigenvalue weighted by Gasteiger charge is 2.16. The first kappa shape index (κ1) is 13.0. The molecule has 104 valence electrons. The minimum Gasteiger partial charge on any atom is -0.439 e. The van der Waals surface area contributed by atoms with Gasteiger partial charge in [-0.25, -0.2) is 9.97 Å². The summed E-state index contributed by atoms with van der Waals surface area (Å²) in [4.78, 5) is 8.58. The topological polar surface area (TPSA) is 56.3 Å². The van der Waals surface area contributed by atoms with E-state index in [0.717, 1.165) is 42.1 Å². The van der Waals surface area contributed by atoms with Crippen molar-refractivity contribution in [3.63, 3.8) is 0 Å². The largest absolute Gasteiger partial charge is 0.439 e. The molecule has 0 fully saturated rings. The molecule has 0 saturated carbocycles. The van der Waals surface area contributed by atoms with Gasteiger partial charge in [-0.3, -0.25) is 0 Å². The minimum absolute atomic E-state index is 0.570. The summed E-state index contributed by atoms with van der Waals surface area (Å²) >= 11 is 0. The maximum atomic E-state index is 5.92. The highest BCUT2D eigenvalue weighted by atomic mass is 16.5. The quantitative estimate of drug-likeness (QED) is 0.922. The molecule has 20 heavy (non-hydrogen) atoms. The van der Waals surface area contributed by atoms with Gasteiger partial charge in [0.25, 0.3) is 0 Å². The zero-order chi connectivity index (χ0) is 13.8. The van der Waals surface area contributed by atoms with Crippen LogP contribution in [0.4, 0.5) is 0 Å². The Labute approximate surface area is 118 Å². The Hall–Kier alpha value is -1.98. The molecular formula is C15H17N3O2. The normalized spacial score (nSPS) is 13.8. The summed E-state index contributed by atoms with van der Waals surface area (Å²) in [6.07, 6.45) is 2.48. The first-order valence-corrected chi connectivity index (χ1v) is 6.66. The molecule has 0 radical (unpaired) electrons. The Bertz CT molecular complexity index is 601. The Kier molecular flexibility index (Phi) is 3.90. The van der Waals surface area contributed by atoms with Gasteiger partial charge < -0.3 is 14.8 Å². The maximum Gasteiger partial charge on any atom is 0.227 e. The first-order chi connectivity index (χ1) is 9.86. The third-order valence-corrected chi connectivity index (χ3v) is 3.26. The lowest BCUT2D eigenvalue weighted by atomic mass is 10.1. The highest BCUT2D eigenvalue weighted by molar-refractivity contribution is 5.37. The zero-order valence-electron chi connectivity index (χ0n) is 11.4. The van der Waals surface area contributed by atoms with Crippen LogP contribution in [-0.2, 0) is 24.3 Å². The van der Waals surface area contributed by atoms with Gasteiger partial charge in [-0.1, -0.05) is 12.1 Å². The van der Waals surface area contributed by atoms with Gasteiger partial charge in [-0.05, 0) is 17.7 Å². The molecular weight excluding hydrogens is 254 g/mol. The molecule has 0 bridgehead atoms. The molecule has 0 saturated heterocycles. The molecule has 1 aromatic carbocycles. The average molecular weight is 271 g/mol. The van der Waals surface area contributed by atoms with Gasteiger partial charge in [0.1, 0.15) is 12.1 Å². The zero-order valence-corrected chi connectivity index (χ0v) is 11.4. The number of rotatable bonds is 4. The van der Waals surface area contributed by atoms with Gasteiger partial charge in [-0.15, -0.1) is 0 Å². The second-order valence-electron chi connectivity index (χ2n) is 4.71. The summed E-state index contributed by atoms with van der Waals surface area (Å²) < 4.78 is 11.0. The van der Waals surface area contributed by atoms with E-state index in [1.807, 2.05) is 24.3 Å². The second-order valence-corrected chi connectivity index (χ2v) is 4.71. The van der Waals surface area contributed by atoms with Crippen LogP contribution in [0.5, 0.6) is 11.6 Å². The van der Waals surface area contributed by atoms with Gasteiger partial charge in [0.15, 0.2) is 0 Å². The number of fused-ring (bicyclic) bond motifs is 1. The highest BCUT2D eigenvalue weighted by Crippen LogP contribution is 2.26. The number of aromatic nitrogens is 2. The van der Waals surface area contributed by atoms with Gasteiger partial charge in [0.05, 0.1) is 17.9 Å². The van der Waals surface area contributed by atoms with Crippen molar-refractivity contribution in [1.29, 1.82) is 0 Å². The lowest BCUT2D eigenvalue weighted by Crippen LogP contribution is -2.25. The molecule has 1 aliphatic rings. The van der Waals surface area contributed by atoms with Crippen LogP contribution in [0.2, 0.25) is 0 Å². The van der Waals surface area contributed by atoms with E-state index in [1.54, 1.807) is 13.4 Å². The van der Waals surface area contributed by atoms with E-state index in [0.29, 0.717) is 12.5 Å². The van der Waals surface area contributed by atoms with Crippen LogP contribution in [0.25, 0.3) is 0 Å². The molecule has 1 aliphatic heterocycles. The lowest BCUT2D eigenvalue weighted by Gasteiger charge is -2.18. The fraction of sp³-hybridized carbons (Fsp3) is 0.333. The molecule has 2 aromatic rings. The number of ether oxygens (including phenoxy) is 2.